The number of hydrogen-bond acceptors (Lipinski definition) is 2. The molecule has 1 aromatic rings. The molecule has 0 radical (unpaired) electrons. The second-order valence-corrected chi connectivity index (χ2v) is 3.75. The zero-order valence-electron chi connectivity index (χ0n) is 8.52. The van der Waals surface area contributed by atoms with Gasteiger partial charge in [-0.2, -0.15) is 13.2 Å². The minimum absolute atomic E-state index is 0.101. The lowest BCUT2D eigenvalue weighted by molar-refractivity contribution is -0.146. The Labute approximate surface area is 85.3 Å². The first-order valence-electron chi connectivity index (χ1n) is 4.77. The van der Waals surface area contributed by atoms with Crippen molar-refractivity contribution < 1.29 is 13.2 Å². The maximum atomic E-state index is 12.6. The minimum atomic E-state index is -4.37. The van der Waals surface area contributed by atoms with Gasteiger partial charge in [-0.1, -0.05) is 0 Å². The van der Waals surface area contributed by atoms with Crippen molar-refractivity contribution in [1.82, 2.24) is 14.9 Å². The van der Waals surface area contributed by atoms with Crippen molar-refractivity contribution in [3.05, 3.63) is 17.2 Å². The van der Waals surface area contributed by atoms with Crippen LogP contribution in [0.4, 0.5) is 13.2 Å². The van der Waals surface area contributed by atoms with Gasteiger partial charge >= 0.3 is 6.18 Å². The van der Waals surface area contributed by atoms with E-state index in [4.69, 9.17) is 0 Å². The quantitative estimate of drug-likeness (QED) is 0.719. The van der Waals surface area contributed by atoms with Crippen LogP contribution in [0.5, 0.6) is 0 Å². The monoisotopic (exact) mass is 219 g/mol. The van der Waals surface area contributed by atoms with Gasteiger partial charge < -0.3 is 9.88 Å². The van der Waals surface area contributed by atoms with Crippen LogP contribution >= 0.6 is 0 Å². The lowest BCUT2D eigenvalue weighted by atomic mass is 10.1. The van der Waals surface area contributed by atoms with Gasteiger partial charge in [-0.25, -0.2) is 4.98 Å². The molecule has 0 saturated carbocycles. The number of halogens is 3. The predicted octanol–water partition coefficient (Wildman–Crippen LogP) is 1.65. The third kappa shape index (κ3) is 1.62. The van der Waals surface area contributed by atoms with Crippen LogP contribution in [0.25, 0.3) is 0 Å². The normalized spacial score (nSPS) is 21.5. The summed E-state index contributed by atoms with van der Waals surface area (Å²) in [6.07, 6.45) is -3.77. The molecular formula is C9H12F3N3. The predicted molar refractivity (Wildman–Crippen MR) is 48.3 cm³/mol. The SMILES string of the molecule is CC1NCCc2c1nc(C(F)(F)F)n2C. The molecule has 0 aromatic carbocycles. The van der Waals surface area contributed by atoms with Crippen LogP contribution in [-0.4, -0.2) is 16.1 Å². The average molecular weight is 219 g/mol. The molecule has 1 N–H and O–H groups in total. The molecule has 6 heteroatoms. The molecule has 1 aliphatic heterocycles. The minimum Gasteiger partial charge on any atom is -0.327 e. The highest BCUT2D eigenvalue weighted by Gasteiger charge is 2.39. The number of imidazole rings is 1. The van der Waals surface area contributed by atoms with Crippen LogP contribution in [0, 0.1) is 0 Å². The van der Waals surface area contributed by atoms with E-state index in [-0.39, 0.29) is 6.04 Å². The molecule has 0 spiro atoms. The van der Waals surface area contributed by atoms with E-state index in [1.807, 2.05) is 6.92 Å². The Kier molecular flexibility index (Phi) is 2.26. The Morgan fingerprint density at radius 1 is 1.47 bits per heavy atom. The Bertz CT molecular complexity index is 381. The Morgan fingerprint density at radius 3 is 2.67 bits per heavy atom. The number of aromatic nitrogens is 2. The lowest BCUT2D eigenvalue weighted by Crippen LogP contribution is -2.28. The molecule has 2 rings (SSSR count). The molecule has 1 aromatic heterocycles. The van der Waals surface area contributed by atoms with Crippen LogP contribution < -0.4 is 5.32 Å². The van der Waals surface area contributed by atoms with Crippen molar-refractivity contribution >= 4 is 0 Å². The third-order valence-corrected chi connectivity index (χ3v) is 2.72. The topological polar surface area (TPSA) is 29.9 Å². The fraction of sp³-hybridized carbons (Fsp3) is 0.667. The van der Waals surface area contributed by atoms with Crippen LogP contribution in [0.2, 0.25) is 0 Å². The van der Waals surface area contributed by atoms with Crippen LogP contribution in [-0.2, 0) is 19.6 Å². The third-order valence-electron chi connectivity index (χ3n) is 2.72. The number of hydrogen-bond donors (Lipinski definition) is 1. The van der Waals surface area contributed by atoms with E-state index in [0.717, 1.165) is 4.57 Å². The van der Waals surface area contributed by atoms with Gasteiger partial charge in [0, 0.05) is 31.7 Å². The first kappa shape index (κ1) is 10.5. The molecule has 1 aliphatic rings. The van der Waals surface area contributed by atoms with Gasteiger partial charge in [-0.05, 0) is 6.92 Å². The maximum absolute atomic E-state index is 12.6. The van der Waals surface area contributed by atoms with Gasteiger partial charge in [0.05, 0.1) is 5.69 Å². The van der Waals surface area contributed by atoms with Crippen molar-refractivity contribution in [3.63, 3.8) is 0 Å². The van der Waals surface area contributed by atoms with Gasteiger partial charge in [0.25, 0.3) is 0 Å². The average Bonchev–Trinajstić information content (AvgIpc) is 2.45. The molecule has 15 heavy (non-hydrogen) atoms. The van der Waals surface area contributed by atoms with Crippen molar-refractivity contribution in [2.75, 3.05) is 6.54 Å². The fourth-order valence-corrected chi connectivity index (χ4v) is 1.95. The van der Waals surface area contributed by atoms with E-state index in [1.54, 1.807) is 0 Å². The zero-order valence-corrected chi connectivity index (χ0v) is 8.52. The van der Waals surface area contributed by atoms with Gasteiger partial charge in [-0.15, -0.1) is 0 Å². The Hall–Kier alpha value is -1.04. The molecule has 0 saturated heterocycles. The van der Waals surface area contributed by atoms with Crippen LogP contribution in [0.3, 0.4) is 0 Å². The highest BCUT2D eigenvalue weighted by atomic mass is 19.4. The highest BCUT2D eigenvalue weighted by Crippen LogP contribution is 2.32. The molecule has 0 fully saturated rings. The molecule has 2 heterocycles. The van der Waals surface area contributed by atoms with E-state index in [0.29, 0.717) is 24.4 Å². The standard InChI is InChI=1S/C9H12F3N3/c1-5-7-6(3-4-13-5)15(2)8(14-7)9(10,11)12/h5,13H,3-4H2,1-2H3. The summed E-state index contributed by atoms with van der Waals surface area (Å²) in [5.74, 6) is -0.803. The Morgan fingerprint density at radius 2 is 2.13 bits per heavy atom. The number of rotatable bonds is 0. The summed E-state index contributed by atoms with van der Waals surface area (Å²) in [5.41, 5.74) is 1.21. The van der Waals surface area contributed by atoms with E-state index >= 15 is 0 Å². The van der Waals surface area contributed by atoms with Crippen LogP contribution in [0.15, 0.2) is 0 Å². The van der Waals surface area contributed by atoms with Crippen molar-refractivity contribution in [3.8, 4) is 0 Å². The molecule has 3 nitrogen and oxygen atoms in total. The number of alkyl halides is 3. The molecular weight excluding hydrogens is 207 g/mol. The van der Waals surface area contributed by atoms with E-state index in [1.165, 1.54) is 7.05 Å². The maximum Gasteiger partial charge on any atom is 0.449 e. The lowest BCUT2D eigenvalue weighted by Gasteiger charge is -2.19. The summed E-state index contributed by atoms with van der Waals surface area (Å²) in [7, 11) is 1.42. The van der Waals surface area contributed by atoms with Gasteiger partial charge in [0.1, 0.15) is 0 Å². The summed E-state index contributed by atoms with van der Waals surface area (Å²) in [5, 5.41) is 3.09. The molecule has 1 atom stereocenters. The van der Waals surface area contributed by atoms with E-state index in [9.17, 15) is 13.2 Å². The van der Waals surface area contributed by atoms with Crippen molar-refractivity contribution in [2.45, 2.75) is 25.6 Å². The smallest absolute Gasteiger partial charge is 0.327 e. The molecule has 84 valence electrons. The van der Waals surface area contributed by atoms with E-state index in [2.05, 4.69) is 10.3 Å². The van der Waals surface area contributed by atoms with Crippen molar-refractivity contribution in [2.24, 2.45) is 7.05 Å². The summed E-state index contributed by atoms with van der Waals surface area (Å²) < 4.78 is 38.8. The second-order valence-electron chi connectivity index (χ2n) is 3.75. The van der Waals surface area contributed by atoms with Gasteiger partial charge in [0.15, 0.2) is 0 Å². The summed E-state index contributed by atoms with van der Waals surface area (Å²) in [4.78, 5) is 3.68. The molecule has 0 bridgehead atoms. The summed E-state index contributed by atoms with van der Waals surface area (Å²) >= 11 is 0. The molecule has 0 aliphatic carbocycles. The fourth-order valence-electron chi connectivity index (χ4n) is 1.95. The Balaban J connectivity index is 2.53. The number of fused-ring (bicyclic) bond motifs is 1. The molecule has 1 unspecified atom stereocenters. The highest BCUT2D eigenvalue weighted by molar-refractivity contribution is 5.24. The van der Waals surface area contributed by atoms with Gasteiger partial charge in [-0.3, -0.25) is 0 Å². The van der Waals surface area contributed by atoms with E-state index < -0.39 is 12.0 Å². The zero-order chi connectivity index (χ0) is 11.2. The summed E-state index contributed by atoms with van der Waals surface area (Å²) in [6.45, 7) is 2.52. The van der Waals surface area contributed by atoms with Crippen molar-refractivity contribution in [1.29, 1.82) is 0 Å². The second kappa shape index (κ2) is 3.23. The number of nitrogens with zero attached hydrogens (tertiary/aromatic N) is 2. The first-order chi connectivity index (χ1) is 6.91. The van der Waals surface area contributed by atoms with Gasteiger partial charge in [0.2, 0.25) is 5.82 Å². The molecule has 0 amide bonds. The summed E-state index contributed by atoms with van der Waals surface area (Å²) in [6, 6.07) is -0.101. The first-order valence-corrected chi connectivity index (χ1v) is 4.77. The largest absolute Gasteiger partial charge is 0.449 e. The number of nitrogens with one attached hydrogen (secondary N) is 1. The van der Waals surface area contributed by atoms with Crippen LogP contribution in [0.1, 0.15) is 30.2 Å².